The van der Waals surface area contributed by atoms with E-state index < -0.39 is 0 Å². The second-order valence-corrected chi connectivity index (χ2v) is 5.26. The molecule has 0 aliphatic carbocycles. The van der Waals surface area contributed by atoms with E-state index in [9.17, 15) is 14.4 Å². The predicted octanol–water partition coefficient (Wildman–Crippen LogP) is 2.29. The van der Waals surface area contributed by atoms with Gasteiger partial charge in [0.2, 0.25) is 5.91 Å². The minimum Gasteiger partial charge on any atom is -0.326 e. The zero-order valence-electron chi connectivity index (χ0n) is 13.3. The topological polar surface area (TPSA) is 80.2 Å². The van der Waals surface area contributed by atoms with Gasteiger partial charge in [-0.05, 0) is 30.7 Å². The van der Waals surface area contributed by atoms with E-state index in [2.05, 4.69) is 10.6 Å². The van der Waals surface area contributed by atoms with Gasteiger partial charge >= 0.3 is 0 Å². The quantitative estimate of drug-likeness (QED) is 0.909. The van der Waals surface area contributed by atoms with Crippen molar-refractivity contribution >= 4 is 23.2 Å². The van der Waals surface area contributed by atoms with Gasteiger partial charge < -0.3 is 15.2 Å². The molecule has 23 heavy (non-hydrogen) atoms. The van der Waals surface area contributed by atoms with Crippen molar-refractivity contribution in [2.45, 2.75) is 20.3 Å². The number of hydrogen-bond donors (Lipinski definition) is 2. The van der Waals surface area contributed by atoms with Crippen LogP contribution in [0.5, 0.6) is 0 Å². The van der Waals surface area contributed by atoms with E-state index in [0.717, 1.165) is 0 Å². The van der Waals surface area contributed by atoms with Crippen LogP contribution in [0.3, 0.4) is 0 Å². The van der Waals surface area contributed by atoms with Gasteiger partial charge in [-0.3, -0.25) is 14.4 Å². The molecule has 1 heterocycles. The van der Waals surface area contributed by atoms with Crippen molar-refractivity contribution in [2.75, 3.05) is 10.6 Å². The summed E-state index contributed by atoms with van der Waals surface area (Å²) in [5.74, 6) is -0.421. The Kier molecular flexibility index (Phi) is 4.95. The van der Waals surface area contributed by atoms with Crippen LogP contribution >= 0.6 is 0 Å². The number of benzene rings is 1. The maximum absolute atomic E-state index is 12.4. The molecule has 2 aromatic rings. The normalized spacial score (nSPS) is 10.2. The molecule has 0 aliphatic heterocycles. The smallest absolute Gasteiger partial charge is 0.255 e. The standard InChI is InChI=1S/C17H19N3O3/c1-4-15(21)18-13-7-5-6-12(9-13)17(23)19-14-10-20(3)16(22)8-11(14)2/h5-10H,4H2,1-3H3,(H,18,21)(H,19,23). The van der Waals surface area contributed by atoms with Crippen molar-refractivity contribution in [1.29, 1.82) is 0 Å². The van der Waals surface area contributed by atoms with E-state index in [1.54, 1.807) is 51.4 Å². The third-order valence-electron chi connectivity index (χ3n) is 3.41. The van der Waals surface area contributed by atoms with Crippen LogP contribution in [0.15, 0.2) is 41.3 Å². The Morgan fingerprint density at radius 1 is 1.17 bits per heavy atom. The lowest BCUT2D eigenvalue weighted by Crippen LogP contribution is -2.20. The monoisotopic (exact) mass is 313 g/mol. The molecule has 6 nitrogen and oxygen atoms in total. The lowest BCUT2D eigenvalue weighted by atomic mass is 10.1. The molecule has 0 unspecified atom stereocenters. The highest BCUT2D eigenvalue weighted by Gasteiger charge is 2.10. The largest absolute Gasteiger partial charge is 0.326 e. The summed E-state index contributed by atoms with van der Waals surface area (Å²) in [6.45, 7) is 3.52. The maximum Gasteiger partial charge on any atom is 0.255 e. The summed E-state index contributed by atoms with van der Waals surface area (Å²) in [6, 6.07) is 8.16. The molecule has 0 bridgehead atoms. The average Bonchev–Trinajstić information content (AvgIpc) is 2.52. The van der Waals surface area contributed by atoms with E-state index in [4.69, 9.17) is 0 Å². The number of carbonyl (C=O) groups excluding carboxylic acids is 2. The lowest BCUT2D eigenvalue weighted by molar-refractivity contribution is -0.115. The number of rotatable bonds is 4. The Labute approximate surface area is 134 Å². The highest BCUT2D eigenvalue weighted by Crippen LogP contribution is 2.15. The summed E-state index contributed by atoms with van der Waals surface area (Å²) >= 11 is 0. The molecule has 0 aliphatic rings. The molecule has 0 atom stereocenters. The van der Waals surface area contributed by atoms with E-state index in [1.807, 2.05) is 0 Å². The van der Waals surface area contributed by atoms with Gasteiger partial charge in [-0.1, -0.05) is 13.0 Å². The highest BCUT2D eigenvalue weighted by atomic mass is 16.2. The van der Waals surface area contributed by atoms with Crippen LogP contribution in [-0.2, 0) is 11.8 Å². The fourth-order valence-electron chi connectivity index (χ4n) is 2.04. The van der Waals surface area contributed by atoms with Crippen LogP contribution in [0.4, 0.5) is 11.4 Å². The summed E-state index contributed by atoms with van der Waals surface area (Å²) in [5.41, 5.74) is 2.12. The van der Waals surface area contributed by atoms with Crippen molar-refractivity contribution in [3.63, 3.8) is 0 Å². The number of aromatic nitrogens is 1. The van der Waals surface area contributed by atoms with Crippen LogP contribution < -0.4 is 16.2 Å². The lowest BCUT2D eigenvalue weighted by Gasteiger charge is -2.11. The van der Waals surface area contributed by atoms with E-state index in [-0.39, 0.29) is 17.4 Å². The van der Waals surface area contributed by atoms with Gasteiger partial charge in [-0.25, -0.2) is 0 Å². The summed E-state index contributed by atoms with van der Waals surface area (Å²) < 4.78 is 1.40. The summed E-state index contributed by atoms with van der Waals surface area (Å²) in [4.78, 5) is 35.3. The summed E-state index contributed by atoms with van der Waals surface area (Å²) in [7, 11) is 1.62. The first kappa shape index (κ1) is 16.5. The molecule has 2 amide bonds. The first-order chi connectivity index (χ1) is 10.9. The van der Waals surface area contributed by atoms with Crippen molar-refractivity contribution < 1.29 is 9.59 Å². The van der Waals surface area contributed by atoms with Gasteiger partial charge in [-0.2, -0.15) is 0 Å². The van der Waals surface area contributed by atoms with Gasteiger partial charge in [-0.15, -0.1) is 0 Å². The number of amides is 2. The SMILES string of the molecule is CCC(=O)Nc1cccc(C(=O)Nc2cn(C)c(=O)cc2C)c1. The maximum atomic E-state index is 12.4. The van der Waals surface area contributed by atoms with Crippen LogP contribution in [0.25, 0.3) is 0 Å². The van der Waals surface area contributed by atoms with Crippen molar-refractivity contribution in [2.24, 2.45) is 7.05 Å². The first-order valence-corrected chi connectivity index (χ1v) is 7.29. The molecule has 0 saturated heterocycles. The molecule has 0 spiro atoms. The van der Waals surface area contributed by atoms with Crippen LogP contribution in [0.1, 0.15) is 29.3 Å². The molecule has 1 aromatic heterocycles. The molecular formula is C17H19N3O3. The molecule has 120 valence electrons. The van der Waals surface area contributed by atoms with Crippen molar-refractivity contribution in [3.05, 3.63) is 58.0 Å². The number of anilines is 2. The van der Waals surface area contributed by atoms with Crippen molar-refractivity contribution in [3.8, 4) is 0 Å². The Balaban J connectivity index is 2.21. The molecule has 0 radical (unpaired) electrons. The minimum absolute atomic E-state index is 0.114. The number of nitrogens with one attached hydrogen (secondary N) is 2. The number of nitrogens with zero attached hydrogens (tertiary/aromatic N) is 1. The van der Waals surface area contributed by atoms with Gasteiger partial charge in [0.15, 0.2) is 0 Å². The Morgan fingerprint density at radius 3 is 2.61 bits per heavy atom. The molecular weight excluding hydrogens is 294 g/mol. The Hall–Kier alpha value is -2.89. The molecule has 6 heteroatoms. The highest BCUT2D eigenvalue weighted by molar-refractivity contribution is 6.05. The third kappa shape index (κ3) is 4.06. The van der Waals surface area contributed by atoms with E-state index >= 15 is 0 Å². The number of aryl methyl sites for hydroxylation is 2. The van der Waals surface area contributed by atoms with Gasteiger partial charge in [0.1, 0.15) is 0 Å². The second kappa shape index (κ2) is 6.91. The van der Waals surface area contributed by atoms with E-state index in [1.165, 1.54) is 10.6 Å². The molecule has 0 saturated carbocycles. The number of carbonyl (C=O) groups is 2. The fraction of sp³-hybridized carbons (Fsp3) is 0.235. The second-order valence-electron chi connectivity index (χ2n) is 5.26. The Bertz CT molecular complexity index is 809. The Morgan fingerprint density at radius 2 is 1.91 bits per heavy atom. The molecule has 1 aromatic carbocycles. The molecule has 0 fully saturated rings. The number of pyridine rings is 1. The zero-order valence-corrected chi connectivity index (χ0v) is 13.3. The molecule has 2 rings (SSSR count). The van der Waals surface area contributed by atoms with Crippen LogP contribution in [-0.4, -0.2) is 16.4 Å². The zero-order chi connectivity index (χ0) is 17.0. The van der Waals surface area contributed by atoms with E-state index in [0.29, 0.717) is 28.9 Å². The fourth-order valence-corrected chi connectivity index (χ4v) is 2.04. The summed E-state index contributed by atoms with van der Waals surface area (Å²) in [5, 5.41) is 5.49. The van der Waals surface area contributed by atoms with Gasteiger partial charge in [0.25, 0.3) is 11.5 Å². The van der Waals surface area contributed by atoms with Crippen LogP contribution in [0, 0.1) is 6.92 Å². The molecule has 2 N–H and O–H groups in total. The first-order valence-electron chi connectivity index (χ1n) is 7.29. The third-order valence-corrected chi connectivity index (χ3v) is 3.41. The van der Waals surface area contributed by atoms with Crippen LogP contribution in [0.2, 0.25) is 0 Å². The summed E-state index contributed by atoms with van der Waals surface area (Å²) in [6.07, 6.45) is 1.95. The average molecular weight is 313 g/mol. The van der Waals surface area contributed by atoms with Gasteiger partial charge in [0.05, 0.1) is 5.69 Å². The van der Waals surface area contributed by atoms with Crippen molar-refractivity contribution in [1.82, 2.24) is 4.57 Å². The predicted molar refractivity (Wildman–Crippen MR) is 89.7 cm³/mol. The van der Waals surface area contributed by atoms with Gasteiger partial charge in [0, 0.05) is 37.0 Å². The number of hydrogen-bond acceptors (Lipinski definition) is 3. The minimum atomic E-state index is -0.306.